The summed E-state index contributed by atoms with van der Waals surface area (Å²) in [6.07, 6.45) is 8.16. The predicted octanol–water partition coefficient (Wildman–Crippen LogP) is 10.1. The van der Waals surface area contributed by atoms with Crippen molar-refractivity contribution in [1.82, 2.24) is 29.5 Å². The van der Waals surface area contributed by atoms with Crippen molar-refractivity contribution >= 4 is 55.4 Å². The molecule has 8 aliphatic heterocycles. The summed E-state index contributed by atoms with van der Waals surface area (Å²) in [5.74, 6) is 1.10. The van der Waals surface area contributed by atoms with Crippen LogP contribution in [0.5, 0.6) is 23.1 Å². The Morgan fingerprint density at radius 2 is 1.68 bits per heavy atom. The van der Waals surface area contributed by atoms with Crippen LogP contribution in [0, 0.1) is 32.8 Å². The first kappa shape index (κ1) is 61.4. The van der Waals surface area contributed by atoms with Gasteiger partial charge >= 0.3 is 0 Å². The van der Waals surface area contributed by atoms with Gasteiger partial charge in [-0.05, 0) is 132 Å². The minimum absolute atomic E-state index is 0.00690. The second kappa shape index (κ2) is 23.6. The standard InChI is InChI=1S/C69H81N11O12S/c1-40(2)91-56-10-8-7-9-46(56)54-36-77(55-38-90-68(5,6)63-59(55)60-62(48(35-70)73-63)88-28-19-67(60,3)4)23-24-78(54)44-33-69(34-44)17-21-76(22-18-69)43-11-12-47(51(30-43)79-50-16-27-87-39-58(50)92-66-53(79)29-42-13-20-71-64(42)74-66)65(81)75-93(84,85)45-31-52(80(82)83)61-57(32-45)89-37-49(72-61)41-14-25-86-26-15-41/h7-13,20,29-32,40-41,44,49-50,54-55,58,72H,14-19,21-28,33-34,36-39H2,1-6H3,(H,71,74)(H,75,81)/t49-,50-,54-,55+,58-/m0/s1. The van der Waals surface area contributed by atoms with E-state index in [1.165, 1.54) is 6.07 Å². The normalized spacial score (nSPS) is 25.7. The highest BCUT2D eigenvalue weighted by Crippen LogP contribution is 2.56. The minimum atomic E-state index is -4.75. The molecule has 3 aromatic carbocycles. The molecule has 6 aromatic rings. The molecule has 0 unspecified atom stereocenters. The van der Waals surface area contributed by atoms with Crippen molar-refractivity contribution < 1.29 is 51.3 Å². The molecular weight excluding hydrogens is 1210 g/mol. The molecule has 1 spiro atoms. The monoisotopic (exact) mass is 1290 g/mol. The number of hydrogen-bond donors (Lipinski definition) is 3. The van der Waals surface area contributed by atoms with Crippen molar-refractivity contribution in [3.05, 3.63) is 117 Å². The molecule has 1 saturated carbocycles. The van der Waals surface area contributed by atoms with Crippen LogP contribution in [0.15, 0.2) is 77.8 Å². The van der Waals surface area contributed by atoms with E-state index in [2.05, 4.69) is 106 Å². The maximum absolute atomic E-state index is 15.1. The topological polar surface area (TPSA) is 261 Å². The van der Waals surface area contributed by atoms with E-state index in [1.807, 2.05) is 24.3 Å². The van der Waals surface area contributed by atoms with E-state index in [0.717, 1.165) is 123 Å². The van der Waals surface area contributed by atoms with Crippen LogP contribution in [0.3, 0.4) is 0 Å². The van der Waals surface area contributed by atoms with Crippen LogP contribution in [0.4, 0.5) is 28.4 Å². The van der Waals surface area contributed by atoms with Crippen LogP contribution in [0.1, 0.15) is 143 Å². The first-order valence-electron chi connectivity index (χ1n) is 33.0. The highest BCUT2D eigenvalue weighted by molar-refractivity contribution is 7.90. The fourth-order valence-corrected chi connectivity index (χ4v) is 17.5. The largest absolute Gasteiger partial charge is 0.491 e. The van der Waals surface area contributed by atoms with Crippen LogP contribution in [-0.2, 0) is 35.2 Å². The first-order valence-corrected chi connectivity index (χ1v) is 34.5. The van der Waals surface area contributed by atoms with Crippen molar-refractivity contribution in [3.8, 4) is 29.2 Å². The van der Waals surface area contributed by atoms with Crippen molar-refractivity contribution in [2.45, 2.75) is 151 Å². The molecule has 0 radical (unpaired) electrons. The molecular formula is C69H81N11O12S. The zero-order valence-electron chi connectivity index (χ0n) is 53.6. The number of anilines is 4. The molecule has 93 heavy (non-hydrogen) atoms. The molecule has 5 atom stereocenters. The van der Waals surface area contributed by atoms with Gasteiger partial charge in [0.1, 0.15) is 41.5 Å². The molecule has 1 aliphatic carbocycles. The van der Waals surface area contributed by atoms with Gasteiger partial charge in [-0.15, -0.1) is 0 Å². The second-order valence-electron chi connectivity index (χ2n) is 28.3. The van der Waals surface area contributed by atoms with Gasteiger partial charge in [0.05, 0.1) is 76.9 Å². The Labute approximate surface area is 541 Å². The van der Waals surface area contributed by atoms with Crippen LogP contribution in [0.25, 0.3) is 11.0 Å². The smallest absolute Gasteiger partial charge is 0.297 e. The summed E-state index contributed by atoms with van der Waals surface area (Å²) < 4.78 is 75.4. The molecule has 24 heteroatoms. The van der Waals surface area contributed by atoms with E-state index in [9.17, 15) is 23.8 Å². The number of piperazine rings is 1. The SMILES string of the molecule is CC(C)Oc1ccccc1[C@@H]1CN([C@@H]2COC(C)(C)c3nc(C#N)c4c(c32)C(C)(C)CCO4)CCN1C1CC2(CCN(c3ccc(C(=O)NS(=O)(=O)c4cc5c(c([N+](=O)[O-])c4)N[C@H](C4CCOCC4)CO5)c(N4c5cc6cc[nH]c6nc5O[C@H]5COCC[C@@H]54)c3)CC2)C1. The minimum Gasteiger partial charge on any atom is -0.491 e. The Hall–Kier alpha value is -7.79. The highest BCUT2D eigenvalue weighted by Gasteiger charge is 2.53. The zero-order chi connectivity index (χ0) is 64.3. The lowest BCUT2D eigenvalue weighted by Gasteiger charge is -2.59. The molecule has 3 N–H and O–H groups in total. The zero-order valence-corrected chi connectivity index (χ0v) is 54.4. The lowest BCUT2D eigenvalue weighted by Crippen LogP contribution is -2.60. The van der Waals surface area contributed by atoms with Gasteiger partial charge in [0, 0.05) is 105 Å². The maximum atomic E-state index is 15.1. The summed E-state index contributed by atoms with van der Waals surface area (Å²) in [4.78, 5) is 49.5. The van der Waals surface area contributed by atoms with Gasteiger partial charge in [-0.1, -0.05) is 32.0 Å². The number of piperidine rings is 1. The van der Waals surface area contributed by atoms with Crippen molar-refractivity contribution in [1.29, 1.82) is 5.26 Å². The number of sulfonamides is 1. The Balaban J connectivity index is 0.712. The number of hydrogen-bond acceptors (Lipinski definition) is 20. The number of carbonyl (C=O) groups excluding carboxylic acids is 1. The van der Waals surface area contributed by atoms with Crippen LogP contribution in [-0.4, -0.2) is 153 Å². The summed E-state index contributed by atoms with van der Waals surface area (Å²) in [5.41, 5.74) is 5.95. The average molecular weight is 1290 g/mol. The second-order valence-corrected chi connectivity index (χ2v) is 29.9. The van der Waals surface area contributed by atoms with Crippen LogP contribution in [0.2, 0.25) is 0 Å². The predicted molar refractivity (Wildman–Crippen MR) is 346 cm³/mol. The average Bonchev–Trinajstić information content (AvgIpc) is 0.817. The number of nitro benzene ring substituents is 1. The van der Waals surface area contributed by atoms with Gasteiger partial charge in [-0.2, -0.15) is 10.2 Å². The number of para-hydroxylation sites is 1. The number of aromatic nitrogens is 3. The Kier molecular flexibility index (Phi) is 15.6. The Morgan fingerprint density at radius 1 is 0.882 bits per heavy atom. The summed E-state index contributed by atoms with van der Waals surface area (Å²) >= 11 is 0. The third-order valence-electron chi connectivity index (χ3n) is 21.4. The third-order valence-corrected chi connectivity index (χ3v) is 22.8. The first-order chi connectivity index (χ1) is 44.7. The molecule has 5 fully saturated rings. The van der Waals surface area contributed by atoms with Gasteiger partial charge in [0.25, 0.3) is 21.6 Å². The molecule has 11 heterocycles. The number of nitro groups is 1. The number of rotatable bonds is 12. The van der Waals surface area contributed by atoms with Crippen molar-refractivity contribution in [2.75, 3.05) is 94.1 Å². The summed E-state index contributed by atoms with van der Waals surface area (Å²) in [6.45, 7) is 19.7. The number of nitriles is 1. The van der Waals surface area contributed by atoms with Gasteiger partial charge in [0.2, 0.25) is 5.88 Å². The summed E-state index contributed by atoms with van der Waals surface area (Å²) in [7, 11) is -4.75. The van der Waals surface area contributed by atoms with Crippen LogP contribution < -0.4 is 38.8 Å². The number of H-pyrrole nitrogens is 1. The van der Waals surface area contributed by atoms with Gasteiger partial charge < -0.3 is 53.3 Å². The van der Waals surface area contributed by atoms with Crippen molar-refractivity contribution in [2.24, 2.45) is 11.3 Å². The van der Waals surface area contributed by atoms with E-state index in [4.69, 9.17) is 43.1 Å². The van der Waals surface area contributed by atoms with E-state index >= 15 is 4.79 Å². The molecule has 23 nitrogen and oxygen atoms in total. The Bertz CT molecular complexity index is 4090. The molecule has 15 rings (SSSR count). The molecule has 9 aliphatic rings. The summed E-state index contributed by atoms with van der Waals surface area (Å²) in [5, 5.41) is 27.2. The van der Waals surface area contributed by atoms with Crippen LogP contribution >= 0.6 is 0 Å². The number of nitrogens with one attached hydrogen (secondary N) is 3. The molecule has 490 valence electrons. The number of pyridine rings is 2. The van der Waals surface area contributed by atoms with Gasteiger partial charge in [-0.3, -0.25) is 24.7 Å². The van der Waals surface area contributed by atoms with E-state index in [-0.39, 0.29) is 77.2 Å². The number of carbonyl (C=O) groups is 1. The quantitative estimate of drug-likeness (QED) is 0.0760. The number of fused-ring (bicyclic) bond motifs is 7. The number of nitrogens with zero attached hydrogens (tertiary/aromatic N) is 8. The fraction of sp³-hybridized carbons (Fsp3) is 0.536. The fourth-order valence-electron chi connectivity index (χ4n) is 16.5. The third kappa shape index (κ3) is 11.0. The van der Waals surface area contributed by atoms with E-state index in [0.29, 0.717) is 79.8 Å². The number of aromatic amines is 1. The lowest BCUT2D eigenvalue weighted by molar-refractivity contribution is -0.384. The number of amides is 1. The molecule has 4 saturated heterocycles. The van der Waals surface area contributed by atoms with E-state index in [1.54, 1.807) is 12.3 Å². The maximum Gasteiger partial charge on any atom is 0.297 e. The van der Waals surface area contributed by atoms with Gasteiger partial charge in [0.15, 0.2) is 22.9 Å². The molecule has 0 bridgehead atoms. The molecule has 3 aromatic heterocycles. The summed E-state index contributed by atoms with van der Waals surface area (Å²) in [6, 6.07) is 22.2. The van der Waals surface area contributed by atoms with Gasteiger partial charge in [-0.25, -0.2) is 18.1 Å². The Morgan fingerprint density at radius 3 is 2.46 bits per heavy atom. The number of ether oxygens (including phenoxy) is 7. The lowest BCUT2D eigenvalue weighted by atomic mass is 9.59. The number of benzene rings is 3. The molecule has 1 amide bonds. The van der Waals surface area contributed by atoms with E-state index < -0.39 is 43.1 Å². The highest BCUT2D eigenvalue weighted by atomic mass is 32.2. The van der Waals surface area contributed by atoms with Crippen molar-refractivity contribution in [3.63, 3.8) is 0 Å².